The molecule has 0 atom stereocenters. The Balaban J connectivity index is 1.66. The summed E-state index contributed by atoms with van der Waals surface area (Å²) < 4.78 is 2.08. The first-order valence-corrected chi connectivity index (χ1v) is 8.65. The number of rotatable bonds is 4. The van der Waals surface area contributed by atoms with E-state index >= 15 is 0 Å². The molecule has 0 bridgehead atoms. The molecule has 1 aliphatic rings. The Bertz CT molecular complexity index is 1010. The van der Waals surface area contributed by atoms with Crippen LogP contribution in [0.2, 0.25) is 0 Å². The third kappa shape index (κ3) is 3.10. The van der Waals surface area contributed by atoms with E-state index in [1.54, 1.807) is 10.9 Å². The van der Waals surface area contributed by atoms with Crippen molar-refractivity contribution in [2.45, 2.75) is 26.2 Å². The van der Waals surface area contributed by atoms with Crippen LogP contribution in [0.4, 0.5) is 0 Å². The first-order chi connectivity index (χ1) is 12.2. The van der Waals surface area contributed by atoms with Crippen LogP contribution in [-0.4, -0.2) is 31.3 Å². The minimum atomic E-state index is 0.452. The summed E-state index contributed by atoms with van der Waals surface area (Å²) in [5, 5.41) is 19.2. The molecule has 0 aliphatic heterocycles. The van der Waals surface area contributed by atoms with Gasteiger partial charge in [-0.25, -0.2) is 5.10 Å². The van der Waals surface area contributed by atoms with Crippen LogP contribution < -0.4 is 0 Å². The van der Waals surface area contributed by atoms with E-state index in [0.29, 0.717) is 10.6 Å². The number of aryl methyl sites for hydroxylation is 1. The lowest BCUT2D eigenvalue weighted by Gasteiger charge is -2.00. The molecule has 0 saturated carbocycles. The topological polar surface area (TPSA) is 74.7 Å². The van der Waals surface area contributed by atoms with Crippen molar-refractivity contribution in [3.8, 4) is 11.5 Å². The van der Waals surface area contributed by atoms with Crippen LogP contribution in [0.15, 0.2) is 41.0 Å². The van der Waals surface area contributed by atoms with E-state index in [1.807, 2.05) is 25.1 Å². The summed E-state index contributed by atoms with van der Waals surface area (Å²) in [6.07, 6.45) is 7.05. The number of allylic oxidation sites excluding steroid dienone is 1. The van der Waals surface area contributed by atoms with Crippen molar-refractivity contribution in [2.75, 3.05) is 0 Å². The van der Waals surface area contributed by atoms with E-state index < -0.39 is 0 Å². The van der Waals surface area contributed by atoms with Crippen molar-refractivity contribution in [1.29, 1.82) is 0 Å². The van der Waals surface area contributed by atoms with E-state index in [-0.39, 0.29) is 0 Å². The molecule has 1 aliphatic carbocycles. The van der Waals surface area contributed by atoms with E-state index in [0.717, 1.165) is 36.1 Å². The maximum atomic E-state index is 5.33. The molecule has 6 nitrogen and oxygen atoms in total. The number of aromatic nitrogens is 5. The van der Waals surface area contributed by atoms with Crippen molar-refractivity contribution in [1.82, 2.24) is 25.1 Å². The fourth-order valence-electron chi connectivity index (χ4n) is 3.05. The van der Waals surface area contributed by atoms with Gasteiger partial charge >= 0.3 is 0 Å². The smallest absolute Gasteiger partial charge is 0.216 e. The van der Waals surface area contributed by atoms with E-state index in [1.165, 1.54) is 11.3 Å². The van der Waals surface area contributed by atoms with Crippen LogP contribution in [0.3, 0.4) is 0 Å². The summed E-state index contributed by atoms with van der Waals surface area (Å²) in [5.41, 5.74) is 5.41. The third-order valence-corrected chi connectivity index (χ3v) is 4.50. The monoisotopic (exact) mass is 350 g/mol. The highest BCUT2D eigenvalue weighted by molar-refractivity contribution is 7.71. The number of fused-ring (bicyclic) bond motifs is 1. The molecule has 0 fully saturated rings. The standard InChI is InChI=1S/C18H18N6S/c1-12(10-13-6-3-2-4-7-13)11-19-24-17(22-23-18(24)25)16-14-8-5-9-15(14)20-21-16/h2-4,6-7,10-11H,5,8-9H2,1H3,(H,20,21)(H,23,25)/b12-10-,19-11-. The van der Waals surface area contributed by atoms with Crippen molar-refractivity contribution in [3.63, 3.8) is 0 Å². The summed E-state index contributed by atoms with van der Waals surface area (Å²) in [7, 11) is 0. The molecule has 4 rings (SSSR count). The molecule has 3 aromatic rings. The minimum absolute atomic E-state index is 0.452. The van der Waals surface area contributed by atoms with Gasteiger partial charge in [0.05, 0.1) is 6.21 Å². The first-order valence-electron chi connectivity index (χ1n) is 8.24. The number of hydrogen-bond donors (Lipinski definition) is 2. The number of nitrogens with one attached hydrogen (secondary N) is 2. The van der Waals surface area contributed by atoms with Crippen molar-refractivity contribution in [3.05, 3.63) is 57.5 Å². The average molecular weight is 350 g/mol. The summed E-state index contributed by atoms with van der Waals surface area (Å²) in [6, 6.07) is 10.1. The molecule has 1 aromatic carbocycles. The quantitative estimate of drug-likeness (QED) is 0.556. The Morgan fingerprint density at radius 3 is 2.88 bits per heavy atom. The summed E-state index contributed by atoms with van der Waals surface area (Å²) in [5.74, 6) is 0.646. The molecule has 0 spiro atoms. The highest BCUT2D eigenvalue weighted by atomic mass is 32.1. The normalized spacial score (nSPS) is 14.4. The Morgan fingerprint density at radius 1 is 1.20 bits per heavy atom. The molecule has 126 valence electrons. The van der Waals surface area contributed by atoms with Crippen LogP contribution in [-0.2, 0) is 12.8 Å². The number of hydrogen-bond acceptors (Lipinski definition) is 4. The Labute approximate surface area is 150 Å². The fourth-order valence-corrected chi connectivity index (χ4v) is 3.23. The Kier molecular flexibility index (Phi) is 4.15. The SMILES string of the molecule is CC(/C=N\n1c(-c2n[nH]c3c2CCC3)n[nH]c1=S)=C/c1ccccc1. The van der Waals surface area contributed by atoms with Gasteiger partial charge in [-0.3, -0.25) is 5.10 Å². The zero-order valence-electron chi connectivity index (χ0n) is 13.9. The zero-order valence-corrected chi connectivity index (χ0v) is 14.7. The maximum Gasteiger partial charge on any atom is 0.216 e. The van der Waals surface area contributed by atoms with Gasteiger partial charge in [0.2, 0.25) is 10.6 Å². The molecular formula is C18H18N6S. The third-order valence-electron chi connectivity index (χ3n) is 4.24. The Hall–Kier alpha value is -2.80. The molecular weight excluding hydrogens is 332 g/mol. The van der Waals surface area contributed by atoms with E-state index in [4.69, 9.17) is 12.2 Å². The predicted molar refractivity (Wildman–Crippen MR) is 101 cm³/mol. The van der Waals surface area contributed by atoms with Crippen LogP contribution in [0.5, 0.6) is 0 Å². The van der Waals surface area contributed by atoms with Crippen molar-refractivity contribution >= 4 is 24.5 Å². The van der Waals surface area contributed by atoms with Gasteiger partial charge in [0.1, 0.15) is 5.69 Å². The minimum Gasteiger partial charge on any atom is -0.282 e. The number of aromatic amines is 2. The van der Waals surface area contributed by atoms with E-state index in [2.05, 4.69) is 43.7 Å². The highest BCUT2D eigenvalue weighted by Gasteiger charge is 2.23. The maximum absolute atomic E-state index is 5.33. The van der Waals surface area contributed by atoms with Gasteiger partial charge in [-0.1, -0.05) is 36.4 Å². The average Bonchev–Trinajstić information content (AvgIpc) is 3.30. The molecule has 2 aromatic heterocycles. The molecule has 0 unspecified atom stereocenters. The van der Waals surface area contributed by atoms with Crippen LogP contribution in [0.1, 0.15) is 30.2 Å². The molecule has 2 heterocycles. The molecule has 0 radical (unpaired) electrons. The number of benzene rings is 1. The highest BCUT2D eigenvalue weighted by Crippen LogP contribution is 2.29. The van der Waals surface area contributed by atoms with Crippen LogP contribution in [0, 0.1) is 4.77 Å². The van der Waals surface area contributed by atoms with Gasteiger partial charge in [0.15, 0.2) is 0 Å². The van der Waals surface area contributed by atoms with Gasteiger partial charge in [-0.05, 0) is 49.5 Å². The second-order valence-electron chi connectivity index (χ2n) is 6.09. The van der Waals surface area contributed by atoms with Gasteiger partial charge in [-0.15, -0.1) is 0 Å². The first kappa shape index (κ1) is 15.7. The van der Waals surface area contributed by atoms with Gasteiger partial charge in [0.25, 0.3) is 0 Å². The summed E-state index contributed by atoms with van der Waals surface area (Å²) in [4.78, 5) is 0. The lowest BCUT2D eigenvalue weighted by atomic mass is 10.1. The second kappa shape index (κ2) is 6.60. The fraction of sp³-hybridized carbons (Fsp3) is 0.222. The summed E-state index contributed by atoms with van der Waals surface area (Å²) >= 11 is 5.33. The van der Waals surface area contributed by atoms with Crippen LogP contribution in [0.25, 0.3) is 17.6 Å². The lowest BCUT2D eigenvalue weighted by Crippen LogP contribution is -1.97. The second-order valence-corrected chi connectivity index (χ2v) is 6.48. The van der Waals surface area contributed by atoms with Gasteiger partial charge in [0, 0.05) is 11.3 Å². The number of nitrogens with zero attached hydrogens (tertiary/aromatic N) is 4. The number of H-pyrrole nitrogens is 2. The lowest BCUT2D eigenvalue weighted by molar-refractivity contribution is 0.844. The van der Waals surface area contributed by atoms with Crippen molar-refractivity contribution in [2.24, 2.45) is 5.10 Å². The predicted octanol–water partition coefficient (Wildman–Crippen LogP) is 3.76. The molecule has 0 amide bonds. The van der Waals surface area contributed by atoms with Gasteiger partial charge in [-0.2, -0.15) is 20.0 Å². The van der Waals surface area contributed by atoms with E-state index in [9.17, 15) is 0 Å². The van der Waals surface area contributed by atoms with Crippen LogP contribution >= 0.6 is 12.2 Å². The van der Waals surface area contributed by atoms with Crippen molar-refractivity contribution < 1.29 is 0 Å². The zero-order chi connectivity index (χ0) is 17.2. The molecule has 7 heteroatoms. The molecule has 25 heavy (non-hydrogen) atoms. The van der Waals surface area contributed by atoms with Gasteiger partial charge < -0.3 is 0 Å². The molecule has 2 N–H and O–H groups in total. The molecule has 0 saturated heterocycles. The summed E-state index contributed by atoms with van der Waals surface area (Å²) in [6.45, 7) is 2.01. The Morgan fingerprint density at radius 2 is 2.04 bits per heavy atom. The largest absolute Gasteiger partial charge is 0.282 e.